The Morgan fingerprint density at radius 1 is 1.37 bits per heavy atom. The first-order chi connectivity index (χ1) is 8.79. The molecule has 0 amide bonds. The van der Waals surface area contributed by atoms with E-state index in [4.69, 9.17) is 15.2 Å². The lowest BCUT2D eigenvalue weighted by molar-refractivity contribution is -0.165. The molecule has 0 radical (unpaired) electrons. The minimum absolute atomic E-state index is 0.0876. The molecule has 0 bridgehead atoms. The molecule has 0 saturated carbocycles. The van der Waals surface area contributed by atoms with E-state index < -0.39 is 5.41 Å². The van der Waals surface area contributed by atoms with Crippen LogP contribution < -0.4 is 5.73 Å². The highest BCUT2D eigenvalue weighted by Crippen LogP contribution is 2.14. The van der Waals surface area contributed by atoms with Gasteiger partial charge in [0, 0.05) is 0 Å². The van der Waals surface area contributed by atoms with E-state index >= 15 is 0 Å². The number of allylic oxidation sites excluding steroid dienone is 3. The van der Waals surface area contributed by atoms with E-state index in [1.165, 1.54) is 0 Å². The number of rotatable bonds is 7. The van der Waals surface area contributed by atoms with E-state index in [0.29, 0.717) is 0 Å². The van der Waals surface area contributed by atoms with Crippen molar-refractivity contribution < 1.29 is 14.3 Å². The van der Waals surface area contributed by atoms with E-state index in [1.807, 2.05) is 31.2 Å². The monoisotopic (exact) mass is 267 g/mol. The first-order valence-electron chi connectivity index (χ1n) is 6.27. The standard InChI is InChI=1S/C15H25NO3/c1-6-7-8-9-12(2)13(16)10-18-11-19-14(17)15(3,4)5/h6-9,13H,2,10-11,16H2,1,3-5H3/b7-6-,9-8-/t13-/m1/s1. The summed E-state index contributed by atoms with van der Waals surface area (Å²) in [7, 11) is 0. The Bertz CT molecular complexity index is 351. The number of carbonyl (C=O) groups is 1. The highest BCUT2D eigenvalue weighted by Gasteiger charge is 2.22. The summed E-state index contributed by atoms with van der Waals surface area (Å²) in [6.45, 7) is 11.3. The van der Waals surface area contributed by atoms with Crippen molar-refractivity contribution in [2.75, 3.05) is 13.4 Å². The lowest BCUT2D eigenvalue weighted by atomic mass is 9.98. The molecule has 0 aliphatic heterocycles. The van der Waals surface area contributed by atoms with Crippen LogP contribution in [0.1, 0.15) is 27.7 Å². The molecule has 0 heterocycles. The van der Waals surface area contributed by atoms with Crippen LogP contribution in [-0.4, -0.2) is 25.4 Å². The number of hydrogen-bond acceptors (Lipinski definition) is 4. The number of esters is 1. The molecule has 4 heteroatoms. The van der Waals surface area contributed by atoms with Gasteiger partial charge in [-0.25, -0.2) is 0 Å². The summed E-state index contributed by atoms with van der Waals surface area (Å²) in [5.41, 5.74) is 6.10. The normalized spacial score (nSPS) is 13.9. The van der Waals surface area contributed by atoms with E-state index in [2.05, 4.69) is 6.58 Å². The topological polar surface area (TPSA) is 61.6 Å². The first kappa shape index (κ1) is 17.6. The predicted molar refractivity (Wildman–Crippen MR) is 77.4 cm³/mol. The predicted octanol–water partition coefficient (Wildman–Crippen LogP) is 2.57. The largest absolute Gasteiger partial charge is 0.438 e. The first-order valence-corrected chi connectivity index (χ1v) is 6.27. The number of hydrogen-bond donors (Lipinski definition) is 1. The van der Waals surface area contributed by atoms with Gasteiger partial charge in [-0.2, -0.15) is 0 Å². The van der Waals surface area contributed by atoms with E-state index in [1.54, 1.807) is 20.8 Å². The van der Waals surface area contributed by atoms with Crippen LogP contribution in [0.4, 0.5) is 0 Å². The van der Waals surface area contributed by atoms with Crippen molar-refractivity contribution >= 4 is 5.97 Å². The SMILES string of the molecule is C=C(/C=C\C=C/C)[C@H](N)COCOC(=O)C(C)(C)C. The van der Waals surface area contributed by atoms with Gasteiger partial charge in [-0.05, 0) is 33.3 Å². The van der Waals surface area contributed by atoms with Gasteiger partial charge in [0.1, 0.15) is 0 Å². The average Bonchev–Trinajstić information content (AvgIpc) is 2.32. The maximum absolute atomic E-state index is 11.4. The summed E-state index contributed by atoms with van der Waals surface area (Å²) in [5, 5.41) is 0. The third-order valence-electron chi connectivity index (χ3n) is 2.27. The molecule has 0 rings (SSSR count). The van der Waals surface area contributed by atoms with Crippen molar-refractivity contribution in [3.8, 4) is 0 Å². The average molecular weight is 267 g/mol. The molecular weight excluding hydrogens is 242 g/mol. The fraction of sp³-hybridized carbons (Fsp3) is 0.533. The van der Waals surface area contributed by atoms with Crippen LogP contribution >= 0.6 is 0 Å². The van der Waals surface area contributed by atoms with Crippen LogP contribution in [-0.2, 0) is 14.3 Å². The molecule has 0 aliphatic rings. The molecule has 0 unspecified atom stereocenters. The second-order valence-electron chi connectivity index (χ2n) is 5.24. The molecule has 0 aromatic rings. The molecule has 0 saturated heterocycles. The van der Waals surface area contributed by atoms with Gasteiger partial charge in [0.15, 0.2) is 6.79 Å². The summed E-state index contributed by atoms with van der Waals surface area (Å²) in [6.07, 6.45) is 7.50. The molecule has 0 aliphatic carbocycles. The van der Waals surface area contributed by atoms with Gasteiger partial charge in [-0.3, -0.25) is 4.79 Å². The van der Waals surface area contributed by atoms with Gasteiger partial charge >= 0.3 is 5.97 Å². The zero-order chi connectivity index (χ0) is 14.9. The number of nitrogens with two attached hydrogens (primary N) is 1. The van der Waals surface area contributed by atoms with Gasteiger partial charge in [-0.1, -0.05) is 30.9 Å². The zero-order valence-electron chi connectivity index (χ0n) is 12.3. The molecule has 4 nitrogen and oxygen atoms in total. The summed E-state index contributed by atoms with van der Waals surface area (Å²) in [5.74, 6) is -0.298. The van der Waals surface area contributed by atoms with Gasteiger partial charge in [-0.15, -0.1) is 0 Å². The molecule has 108 valence electrons. The summed E-state index contributed by atoms with van der Waals surface area (Å²) < 4.78 is 10.2. The van der Waals surface area contributed by atoms with Gasteiger partial charge < -0.3 is 15.2 Å². The van der Waals surface area contributed by atoms with Crippen LogP contribution in [0.5, 0.6) is 0 Å². The highest BCUT2D eigenvalue weighted by atomic mass is 16.7. The summed E-state index contributed by atoms with van der Waals surface area (Å²) in [4.78, 5) is 11.4. The number of carbonyl (C=O) groups excluding carboxylic acids is 1. The second-order valence-corrected chi connectivity index (χ2v) is 5.24. The molecule has 0 spiro atoms. The van der Waals surface area contributed by atoms with Crippen molar-refractivity contribution in [1.82, 2.24) is 0 Å². The van der Waals surface area contributed by atoms with E-state index in [-0.39, 0.29) is 25.4 Å². The third-order valence-corrected chi connectivity index (χ3v) is 2.27. The minimum Gasteiger partial charge on any atom is -0.438 e. The minimum atomic E-state index is -0.524. The zero-order valence-corrected chi connectivity index (χ0v) is 12.3. The van der Waals surface area contributed by atoms with Crippen molar-refractivity contribution in [3.05, 3.63) is 36.5 Å². The van der Waals surface area contributed by atoms with Gasteiger partial charge in [0.05, 0.1) is 18.1 Å². The highest BCUT2D eigenvalue weighted by molar-refractivity contribution is 5.75. The van der Waals surface area contributed by atoms with Crippen LogP contribution in [0, 0.1) is 5.41 Å². The summed E-state index contributed by atoms with van der Waals surface area (Å²) >= 11 is 0. The van der Waals surface area contributed by atoms with Crippen LogP contribution in [0.25, 0.3) is 0 Å². The maximum Gasteiger partial charge on any atom is 0.313 e. The Labute approximate surface area is 116 Å². The fourth-order valence-corrected chi connectivity index (χ4v) is 1.01. The number of ether oxygens (including phenoxy) is 2. The third kappa shape index (κ3) is 8.35. The van der Waals surface area contributed by atoms with Crippen LogP contribution in [0.3, 0.4) is 0 Å². The Morgan fingerprint density at radius 3 is 2.53 bits per heavy atom. The van der Waals surface area contributed by atoms with Crippen molar-refractivity contribution in [2.45, 2.75) is 33.7 Å². The van der Waals surface area contributed by atoms with Crippen LogP contribution in [0.15, 0.2) is 36.5 Å². The van der Waals surface area contributed by atoms with Crippen LogP contribution in [0.2, 0.25) is 0 Å². The van der Waals surface area contributed by atoms with E-state index in [9.17, 15) is 4.79 Å². The fourth-order valence-electron chi connectivity index (χ4n) is 1.01. The molecular formula is C15H25NO3. The molecule has 1 atom stereocenters. The molecule has 0 aromatic heterocycles. The molecule has 2 N–H and O–H groups in total. The van der Waals surface area contributed by atoms with E-state index in [0.717, 1.165) is 5.57 Å². The molecule has 0 fully saturated rings. The Kier molecular flexibility index (Phi) is 8.03. The Balaban J connectivity index is 3.89. The second kappa shape index (κ2) is 8.67. The molecule has 19 heavy (non-hydrogen) atoms. The van der Waals surface area contributed by atoms with Gasteiger partial charge in [0.25, 0.3) is 0 Å². The van der Waals surface area contributed by atoms with Crippen molar-refractivity contribution in [3.63, 3.8) is 0 Å². The maximum atomic E-state index is 11.4. The van der Waals surface area contributed by atoms with Crippen molar-refractivity contribution in [1.29, 1.82) is 0 Å². The lowest BCUT2D eigenvalue weighted by Gasteiger charge is -2.17. The molecule has 0 aromatic carbocycles. The smallest absolute Gasteiger partial charge is 0.313 e. The van der Waals surface area contributed by atoms with Crippen molar-refractivity contribution in [2.24, 2.45) is 11.1 Å². The Hall–Kier alpha value is -1.39. The summed E-state index contributed by atoms with van der Waals surface area (Å²) in [6, 6.07) is -0.310. The quantitative estimate of drug-likeness (QED) is 0.333. The van der Waals surface area contributed by atoms with Gasteiger partial charge in [0.2, 0.25) is 0 Å². The lowest BCUT2D eigenvalue weighted by Crippen LogP contribution is -2.29. The Morgan fingerprint density at radius 2 is 2.00 bits per heavy atom.